The van der Waals surface area contributed by atoms with E-state index in [1.807, 2.05) is 6.07 Å². The van der Waals surface area contributed by atoms with Crippen LogP contribution in [0.15, 0.2) is 42.5 Å². The Morgan fingerprint density at radius 1 is 1.28 bits per heavy atom. The van der Waals surface area contributed by atoms with E-state index in [0.29, 0.717) is 5.56 Å². The van der Waals surface area contributed by atoms with Crippen LogP contribution in [0.1, 0.15) is 18.1 Å². The highest BCUT2D eigenvalue weighted by Gasteiger charge is 2.30. The highest BCUT2D eigenvalue weighted by Crippen LogP contribution is 2.31. The van der Waals surface area contributed by atoms with Crippen molar-refractivity contribution in [2.75, 3.05) is 5.32 Å². The summed E-state index contributed by atoms with van der Waals surface area (Å²) in [4.78, 5) is 12.1. The summed E-state index contributed by atoms with van der Waals surface area (Å²) in [6.07, 6.45) is -5.52. The van der Waals surface area contributed by atoms with Crippen molar-refractivity contribution < 1.29 is 22.7 Å². The van der Waals surface area contributed by atoms with E-state index in [1.54, 1.807) is 0 Å². The molecule has 0 aliphatic rings. The monoisotopic (exact) mass is 368 g/mol. The fourth-order valence-electron chi connectivity index (χ4n) is 1.93. The van der Waals surface area contributed by atoms with E-state index in [4.69, 9.17) is 21.6 Å². The lowest BCUT2D eigenvalue weighted by Gasteiger charge is -2.16. The first kappa shape index (κ1) is 18.6. The van der Waals surface area contributed by atoms with E-state index < -0.39 is 23.8 Å². The molecule has 1 atom stereocenters. The number of nitrogens with one attached hydrogen (secondary N) is 1. The van der Waals surface area contributed by atoms with E-state index in [0.717, 1.165) is 12.1 Å². The van der Waals surface area contributed by atoms with Crippen LogP contribution in [0.2, 0.25) is 5.02 Å². The lowest BCUT2D eigenvalue weighted by molar-refractivity contribution is -0.137. The van der Waals surface area contributed by atoms with Gasteiger partial charge in [0.05, 0.1) is 22.2 Å². The molecule has 0 radical (unpaired) electrons. The Hall–Kier alpha value is -2.72. The summed E-state index contributed by atoms with van der Waals surface area (Å²) in [6.45, 7) is 1.43. The lowest BCUT2D eigenvalue weighted by Crippen LogP contribution is -2.30. The number of hydrogen-bond acceptors (Lipinski definition) is 3. The van der Waals surface area contributed by atoms with Gasteiger partial charge in [0.25, 0.3) is 5.91 Å². The fraction of sp³-hybridized carbons (Fsp3) is 0.176. The molecule has 0 unspecified atom stereocenters. The molecule has 2 aromatic carbocycles. The predicted octanol–water partition coefficient (Wildman–Crippen LogP) is 4.64. The Morgan fingerprint density at radius 3 is 2.60 bits per heavy atom. The average molecular weight is 369 g/mol. The van der Waals surface area contributed by atoms with Crippen molar-refractivity contribution in [1.82, 2.24) is 0 Å². The second-order valence-corrected chi connectivity index (χ2v) is 5.49. The van der Waals surface area contributed by atoms with E-state index in [1.165, 1.54) is 37.3 Å². The van der Waals surface area contributed by atoms with Crippen LogP contribution in [0.4, 0.5) is 18.9 Å². The first-order chi connectivity index (χ1) is 11.7. The van der Waals surface area contributed by atoms with Crippen LogP contribution >= 0.6 is 11.6 Å². The summed E-state index contributed by atoms with van der Waals surface area (Å²) < 4.78 is 43.4. The molecule has 0 aliphatic heterocycles. The first-order valence-corrected chi connectivity index (χ1v) is 7.43. The molecule has 2 aromatic rings. The molecule has 2 rings (SSSR count). The van der Waals surface area contributed by atoms with E-state index in [9.17, 15) is 18.0 Å². The van der Waals surface area contributed by atoms with Gasteiger partial charge in [0.15, 0.2) is 6.10 Å². The van der Waals surface area contributed by atoms with Gasteiger partial charge in [0.1, 0.15) is 5.75 Å². The molecule has 1 N–H and O–H groups in total. The number of carbonyl (C=O) groups excluding carboxylic acids is 1. The van der Waals surface area contributed by atoms with Gasteiger partial charge in [-0.25, -0.2) is 0 Å². The Balaban J connectivity index is 2.07. The van der Waals surface area contributed by atoms with Crippen molar-refractivity contribution in [2.24, 2.45) is 0 Å². The Morgan fingerprint density at radius 2 is 2.00 bits per heavy atom. The van der Waals surface area contributed by atoms with Gasteiger partial charge < -0.3 is 10.1 Å². The minimum absolute atomic E-state index is 0.00111. The van der Waals surface area contributed by atoms with Crippen LogP contribution in [-0.2, 0) is 11.0 Å². The van der Waals surface area contributed by atoms with Crippen molar-refractivity contribution in [2.45, 2.75) is 19.2 Å². The number of rotatable bonds is 4. The number of halogens is 4. The standard InChI is InChI=1S/C17H12ClF3N2O2/c1-10(25-15-6-5-11(9-22)7-14(15)18)16(24)23-13-4-2-3-12(8-13)17(19,20)21/h2-8,10H,1H3,(H,23,24)/t10-/m0/s1. The Labute approximate surface area is 146 Å². The normalized spacial score (nSPS) is 12.2. The van der Waals surface area contributed by atoms with Gasteiger partial charge in [-0.05, 0) is 43.3 Å². The number of benzene rings is 2. The van der Waals surface area contributed by atoms with E-state index >= 15 is 0 Å². The van der Waals surface area contributed by atoms with E-state index in [2.05, 4.69) is 5.32 Å². The van der Waals surface area contributed by atoms with Crippen molar-refractivity contribution >= 4 is 23.2 Å². The maximum Gasteiger partial charge on any atom is 0.416 e. The number of nitrogens with zero attached hydrogens (tertiary/aromatic N) is 1. The van der Waals surface area contributed by atoms with Gasteiger partial charge in [-0.15, -0.1) is 0 Å². The molecule has 0 saturated carbocycles. The molecule has 0 bridgehead atoms. The predicted molar refractivity (Wildman–Crippen MR) is 86.3 cm³/mol. The van der Waals surface area contributed by atoms with Crippen LogP contribution in [-0.4, -0.2) is 12.0 Å². The lowest BCUT2D eigenvalue weighted by atomic mass is 10.2. The van der Waals surface area contributed by atoms with E-state index in [-0.39, 0.29) is 16.5 Å². The average Bonchev–Trinajstić information content (AvgIpc) is 2.56. The Kier molecular flexibility index (Phi) is 5.55. The maximum atomic E-state index is 12.7. The number of ether oxygens (including phenoxy) is 1. The van der Waals surface area contributed by atoms with Gasteiger partial charge in [-0.1, -0.05) is 17.7 Å². The molecule has 130 valence electrons. The number of hydrogen-bond donors (Lipinski definition) is 1. The van der Waals surface area contributed by atoms with Gasteiger partial charge in [0.2, 0.25) is 0 Å². The third kappa shape index (κ3) is 4.88. The van der Waals surface area contributed by atoms with Crippen LogP contribution in [0.5, 0.6) is 5.75 Å². The van der Waals surface area contributed by atoms with Gasteiger partial charge >= 0.3 is 6.18 Å². The van der Waals surface area contributed by atoms with Crippen molar-refractivity contribution in [3.63, 3.8) is 0 Å². The molecule has 8 heteroatoms. The Bertz CT molecular complexity index is 831. The topological polar surface area (TPSA) is 62.1 Å². The second-order valence-electron chi connectivity index (χ2n) is 5.08. The van der Waals surface area contributed by atoms with Crippen molar-refractivity contribution in [3.05, 3.63) is 58.6 Å². The summed E-state index contributed by atoms with van der Waals surface area (Å²) in [7, 11) is 0. The van der Waals surface area contributed by atoms with Gasteiger partial charge in [-0.3, -0.25) is 4.79 Å². The third-order valence-electron chi connectivity index (χ3n) is 3.19. The summed E-state index contributed by atoms with van der Waals surface area (Å²) in [6, 6.07) is 10.5. The number of carbonyl (C=O) groups is 1. The zero-order valence-corrected chi connectivity index (χ0v) is 13.7. The van der Waals surface area contributed by atoms with Gasteiger partial charge in [0, 0.05) is 5.69 Å². The van der Waals surface area contributed by atoms with Crippen LogP contribution in [0, 0.1) is 11.3 Å². The molecule has 1 amide bonds. The summed E-state index contributed by atoms with van der Waals surface area (Å²) >= 11 is 5.96. The van der Waals surface area contributed by atoms with Gasteiger partial charge in [-0.2, -0.15) is 18.4 Å². The zero-order valence-electron chi connectivity index (χ0n) is 12.9. The van der Waals surface area contributed by atoms with Crippen molar-refractivity contribution in [3.8, 4) is 11.8 Å². The smallest absolute Gasteiger partial charge is 0.416 e. The second kappa shape index (κ2) is 7.45. The maximum absolute atomic E-state index is 12.7. The highest BCUT2D eigenvalue weighted by atomic mass is 35.5. The first-order valence-electron chi connectivity index (χ1n) is 7.05. The molecule has 0 spiro atoms. The minimum Gasteiger partial charge on any atom is -0.479 e. The minimum atomic E-state index is -4.50. The summed E-state index contributed by atoms with van der Waals surface area (Å²) in [5, 5.41) is 11.3. The number of nitriles is 1. The fourth-order valence-corrected chi connectivity index (χ4v) is 2.15. The molecule has 0 aromatic heterocycles. The number of amides is 1. The summed E-state index contributed by atoms with van der Waals surface area (Å²) in [5.74, 6) is -0.452. The van der Waals surface area contributed by atoms with Crippen LogP contribution in [0.3, 0.4) is 0 Å². The molecule has 25 heavy (non-hydrogen) atoms. The highest BCUT2D eigenvalue weighted by molar-refractivity contribution is 6.32. The zero-order chi connectivity index (χ0) is 18.6. The largest absolute Gasteiger partial charge is 0.479 e. The molecular formula is C17H12ClF3N2O2. The van der Waals surface area contributed by atoms with Crippen LogP contribution in [0.25, 0.3) is 0 Å². The molecule has 0 fully saturated rings. The number of alkyl halides is 3. The molecule has 0 heterocycles. The number of anilines is 1. The van der Waals surface area contributed by atoms with Crippen molar-refractivity contribution in [1.29, 1.82) is 5.26 Å². The summed E-state index contributed by atoms with van der Waals surface area (Å²) in [5.41, 5.74) is -0.534. The molecular weight excluding hydrogens is 357 g/mol. The quantitative estimate of drug-likeness (QED) is 0.855. The molecule has 0 aliphatic carbocycles. The SMILES string of the molecule is C[C@H](Oc1ccc(C#N)cc1Cl)C(=O)Nc1cccc(C(F)(F)F)c1. The third-order valence-corrected chi connectivity index (χ3v) is 3.49. The molecule has 0 saturated heterocycles. The molecule has 4 nitrogen and oxygen atoms in total. The van der Waals surface area contributed by atoms with Crippen LogP contribution < -0.4 is 10.1 Å².